The second-order valence-corrected chi connectivity index (χ2v) is 5.28. The van der Waals surface area contributed by atoms with Crippen LogP contribution in [-0.2, 0) is 6.42 Å². The molecule has 2 rings (SSSR count). The summed E-state index contributed by atoms with van der Waals surface area (Å²) in [5.41, 5.74) is 1.52. The molecule has 0 fully saturated rings. The van der Waals surface area contributed by atoms with Gasteiger partial charge in [0.1, 0.15) is 11.6 Å². The number of halogens is 2. The molecular weight excluding hydrogens is 254 g/mol. The molecule has 0 aliphatic heterocycles. The summed E-state index contributed by atoms with van der Waals surface area (Å²) in [6.45, 7) is 4.55. The highest BCUT2D eigenvalue weighted by Crippen LogP contribution is 2.21. The van der Waals surface area contributed by atoms with Gasteiger partial charge < -0.3 is 5.32 Å². The molecule has 1 aromatic heterocycles. The Kier molecular flexibility index (Phi) is 3.91. The molecule has 0 aliphatic rings. The molecule has 96 valence electrons. The van der Waals surface area contributed by atoms with E-state index in [1.54, 1.807) is 11.3 Å². The Balaban J connectivity index is 1.92. The predicted octanol–water partition coefficient (Wildman–Crippen LogP) is 3.69. The molecule has 0 unspecified atom stereocenters. The number of rotatable bonds is 4. The molecule has 1 heterocycles. The molecule has 0 saturated carbocycles. The maximum absolute atomic E-state index is 13.4. The molecule has 0 saturated heterocycles. The van der Waals surface area contributed by atoms with Gasteiger partial charge in [0.25, 0.3) is 0 Å². The number of hydrogen-bond donors (Lipinski definition) is 1. The second kappa shape index (κ2) is 5.44. The molecule has 2 aromatic rings. The van der Waals surface area contributed by atoms with Crippen LogP contribution in [0.15, 0.2) is 18.2 Å². The van der Waals surface area contributed by atoms with Crippen LogP contribution in [0.5, 0.6) is 0 Å². The van der Waals surface area contributed by atoms with Crippen molar-refractivity contribution in [2.45, 2.75) is 20.3 Å². The average molecular weight is 268 g/mol. The van der Waals surface area contributed by atoms with Gasteiger partial charge in [0.2, 0.25) is 0 Å². The first kappa shape index (κ1) is 13.0. The third kappa shape index (κ3) is 3.04. The molecule has 18 heavy (non-hydrogen) atoms. The summed E-state index contributed by atoms with van der Waals surface area (Å²) in [6, 6.07) is 3.66. The van der Waals surface area contributed by atoms with Crippen molar-refractivity contribution in [2.75, 3.05) is 11.9 Å². The Hall–Kier alpha value is -1.49. The fourth-order valence-electron chi connectivity index (χ4n) is 1.58. The van der Waals surface area contributed by atoms with E-state index in [9.17, 15) is 8.78 Å². The molecular formula is C13H14F2N2S. The third-order valence-electron chi connectivity index (χ3n) is 2.71. The quantitative estimate of drug-likeness (QED) is 0.914. The van der Waals surface area contributed by atoms with E-state index >= 15 is 0 Å². The molecule has 0 atom stereocenters. The SMILES string of the molecule is Cc1nc(NCCc2ccc(F)cc2F)sc1C. The predicted molar refractivity (Wildman–Crippen MR) is 70.1 cm³/mol. The van der Waals surface area contributed by atoms with E-state index < -0.39 is 11.6 Å². The monoisotopic (exact) mass is 268 g/mol. The van der Waals surface area contributed by atoms with Crippen LogP contribution in [0.2, 0.25) is 0 Å². The smallest absolute Gasteiger partial charge is 0.183 e. The highest BCUT2D eigenvalue weighted by atomic mass is 32.1. The number of benzene rings is 1. The fourth-order valence-corrected chi connectivity index (χ4v) is 2.42. The Labute approximate surface area is 109 Å². The molecule has 1 N–H and O–H groups in total. The van der Waals surface area contributed by atoms with Gasteiger partial charge >= 0.3 is 0 Å². The molecule has 5 heteroatoms. The third-order valence-corrected chi connectivity index (χ3v) is 3.74. The van der Waals surface area contributed by atoms with Gasteiger partial charge in [-0.3, -0.25) is 0 Å². The van der Waals surface area contributed by atoms with Crippen LogP contribution in [-0.4, -0.2) is 11.5 Å². The van der Waals surface area contributed by atoms with Crippen molar-refractivity contribution in [1.82, 2.24) is 4.98 Å². The van der Waals surface area contributed by atoms with Gasteiger partial charge in [0.15, 0.2) is 5.13 Å². The van der Waals surface area contributed by atoms with Crippen molar-refractivity contribution >= 4 is 16.5 Å². The van der Waals surface area contributed by atoms with Crippen LogP contribution in [0.25, 0.3) is 0 Å². The zero-order valence-corrected chi connectivity index (χ0v) is 11.1. The number of aromatic nitrogens is 1. The first-order valence-corrected chi connectivity index (χ1v) is 6.50. The van der Waals surface area contributed by atoms with Crippen molar-refractivity contribution in [3.8, 4) is 0 Å². The van der Waals surface area contributed by atoms with Crippen molar-refractivity contribution in [2.24, 2.45) is 0 Å². The number of nitrogens with one attached hydrogen (secondary N) is 1. The lowest BCUT2D eigenvalue weighted by molar-refractivity contribution is 0.572. The number of hydrogen-bond acceptors (Lipinski definition) is 3. The number of anilines is 1. The van der Waals surface area contributed by atoms with Crippen molar-refractivity contribution in [3.63, 3.8) is 0 Å². The van der Waals surface area contributed by atoms with Crippen LogP contribution in [0.4, 0.5) is 13.9 Å². The van der Waals surface area contributed by atoms with Crippen LogP contribution < -0.4 is 5.32 Å². The van der Waals surface area contributed by atoms with Crippen molar-refractivity contribution < 1.29 is 8.78 Å². The van der Waals surface area contributed by atoms with E-state index in [1.807, 2.05) is 13.8 Å². The van der Waals surface area contributed by atoms with E-state index in [0.29, 0.717) is 18.5 Å². The summed E-state index contributed by atoms with van der Waals surface area (Å²) in [6.07, 6.45) is 0.504. The number of thiazole rings is 1. The first-order valence-electron chi connectivity index (χ1n) is 5.68. The van der Waals surface area contributed by atoms with Crippen molar-refractivity contribution in [3.05, 3.63) is 46.0 Å². The standard InChI is InChI=1S/C13H14F2N2S/c1-8-9(2)18-13(17-8)16-6-5-10-3-4-11(14)7-12(10)15/h3-4,7H,5-6H2,1-2H3,(H,16,17). The minimum Gasteiger partial charge on any atom is -0.361 e. The Morgan fingerprint density at radius 3 is 2.67 bits per heavy atom. The lowest BCUT2D eigenvalue weighted by Crippen LogP contribution is -2.06. The summed E-state index contributed by atoms with van der Waals surface area (Å²) in [4.78, 5) is 5.50. The average Bonchev–Trinajstić information content (AvgIpc) is 2.61. The summed E-state index contributed by atoms with van der Waals surface area (Å²) in [5, 5.41) is 3.98. The second-order valence-electron chi connectivity index (χ2n) is 4.07. The van der Waals surface area contributed by atoms with Gasteiger partial charge in [-0.05, 0) is 31.9 Å². The van der Waals surface area contributed by atoms with E-state index in [4.69, 9.17) is 0 Å². The van der Waals surface area contributed by atoms with Gasteiger partial charge in [0, 0.05) is 17.5 Å². The van der Waals surface area contributed by atoms with Crippen LogP contribution in [0.1, 0.15) is 16.1 Å². The molecule has 0 radical (unpaired) electrons. The summed E-state index contributed by atoms with van der Waals surface area (Å²) in [5.74, 6) is -1.04. The van der Waals surface area contributed by atoms with E-state index in [0.717, 1.165) is 16.9 Å². The Morgan fingerprint density at radius 2 is 2.06 bits per heavy atom. The van der Waals surface area contributed by atoms with Gasteiger partial charge in [-0.15, -0.1) is 11.3 Å². The summed E-state index contributed by atoms with van der Waals surface area (Å²) in [7, 11) is 0. The lowest BCUT2D eigenvalue weighted by Gasteiger charge is -2.04. The van der Waals surface area contributed by atoms with E-state index in [1.165, 1.54) is 17.0 Å². The minimum absolute atomic E-state index is 0.497. The van der Waals surface area contributed by atoms with Gasteiger partial charge in [0.05, 0.1) is 5.69 Å². The first-order chi connectivity index (χ1) is 8.56. The molecule has 0 aliphatic carbocycles. The summed E-state index contributed by atoms with van der Waals surface area (Å²) < 4.78 is 26.1. The fraction of sp³-hybridized carbons (Fsp3) is 0.308. The molecule has 0 amide bonds. The van der Waals surface area contributed by atoms with Crippen LogP contribution in [0, 0.1) is 25.5 Å². The minimum atomic E-state index is -0.546. The lowest BCUT2D eigenvalue weighted by atomic mass is 10.1. The highest BCUT2D eigenvalue weighted by molar-refractivity contribution is 7.15. The molecule has 0 bridgehead atoms. The number of aryl methyl sites for hydroxylation is 2. The van der Waals surface area contributed by atoms with Gasteiger partial charge in [-0.2, -0.15) is 0 Å². The van der Waals surface area contributed by atoms with Crippen LogP contribution >= 0.6 is 11.3 Å². The maximum Gasteiger partial charge on any atom is 0.183 e. The number of nitrogens with zero attached hydrogens (tertiary/aromatic N) is 1. The zero-order chi connectivity index (χ0) is 13.1. The molecule has 2 nitrogen and oxygen atoms in total. The van der Waals surface area contributed by atoms with Crippen LogP contribution in [0.3, 0.4) is 0 Å². The Morgan fingerprint density at radius 1 is 1.28 bits per heavy atom. The van der Waals surface area contributed by atoms with E-state index in [2.05, 4.69) is 10.3 Å². The molecule has 1 aromatic carbocycles. The summed E-state index contributed by atoms with van der Waals surface area (Å²) >= 11 is 1.58. The van der Waals surface area contributed by atoms with Crippen molar-refractivity contribution in [1.29, 1.82) is 0 Å². The van der Waals surface area contributed by atoms with Gasteiger partial charge in [-0.25, -0.2) is 13.8 Å². The molecule has 0 spiro atoms. The van der Waals surface area contributed by atoms with E-state index in [-0.39, 0.29) is 0 Å². The largest absolute Gasteiger partial charge is 0.361 e. The Bertz CT molecular complexity index is 532. The topological polar surface area (TPSA) is 24.9 Å². The highest BCUT2D eigenvalue weighted by Gasteiger charge is 2.05. The van der Waals surface area contributed by atoms with Gasteiger partial charge in [-0.1, -0.05) is 6.07 Å². The maximum atomic E-state index is 13.4. The normalized spacial score (nSPS) is 10.7. The zero-order valence-electron chi connectivity index (χ0n) is 10.3.